The van der Waals surface area contributed by atoms with Gasteiger partial charge >= 0.3 is 0 Å². The average molecular weight is 366 g/mol. The highest BCUT2D eigenvalue weighted by molar-refractivity contribution is 7.13. The fraction of sp³-hybridized carbons (Fsp3) is 0. The zero-order chi connectivity index (χ0) is 16.2. The number of carbonyl (C=O) groups is 1. The summed E-state index contributed by atoms with van der Waals surface area (Å²) in [6.07, 6.45) is 1.56. The Kier molecular flexibility index (Phi) is 4.71. The maximum absolute atomic E-state index is 12.3. The summed E-state index contributed by atoms with van der Waals surface area (Å²) >= 11 is 13.4. The molecule has 116 valence electrons. The number of nitrogens with one attached hydrogen (secondary N) is 2. The van der Waals surface area contributed by atoms with Gasteiger partial charge in [-0.2, -0.15) is 0 Å². The van der Waals surface area contributed by atoms with E-state index >= 15 is 0 Å². The van der Waals surface area contributed by atoms with Gasteiger partial charge in [-0.1, -0.05) is 40.6 Å². The van der Waals surface area contributed by atoms with Crippen molar-refractivity contribution in [2.24, 2.45) is 0 Å². The van der Waals surface area contributed by atoms with E-state index in [9.17, 15) is 4.79 Å². The van der Waals surface area contributed by atoms with Gasteiger partial charge in [-0.15, -0.1) is 10.2 Å². The molecule has 3 aromatic rings. The maximum Gasteiger partial charge on any atom is 0.258 e. The van der Waals surface area contributed by atoms with Crippen molar-refractivity contribution in [2.75, 3.05) is 10.6 Å². The van der Waals surface area contributed by atoms with Crippen molar-refractivity contribution in [1.82, 2.24) is 15.2 Å². The van der Waals surface area contributed by atoms with Crippen LogP contribution in [0.25, 0.3) is 0 Å². The predicted molar refractivity (Wildman–Crippen MR) is 91.8 cm³/mol. The van der Waals surface area contributed by atoms with Crippen LogP contribution in [0, 0.1) is 0 Å². The first-order valence-corrected chi connectivity index (χ1v) is 8.01. The van der Waals surface area contributed by atoms with Crippen LogP contribution in [0.3, 0.4) is 0 Å². The van der Waals surface area contributed by atoms with Crippen LogP contribution in [0.15, 0.2) is 42.0 Å². The Morgan fingerprint density at radius 1 is 1.17 bits per heavy atom. The number of anilines is 3. The Balaban J connectivity index is 1.79. The van der Waals surface area contributed by atoms with Gasteiger partial charge in [0.1, 0.15) is 11.3 Å². The Morgan fingerprint density at radius 3 is 2.65 bits per heavy atom. The third-order valence-electron chi connectivity index (χ3n) is 2.80. The molecular formula is C14H9Cl2N5OS. The number of benzene rings is 1. The highest BCUT2D eigenvalue weighted by Gasteiger charge is 2.15. The van der Waals surface area contributed by atoms with Gasteiger partial charge in [0.15, 0.2) is 0 Å². The molecule has 0 saturated carbocycles. The zero-order valence-corrected chi connectivity index (χ0v) is 13.8. The van der Waals surface area contributed by atoms with Crippen LogP contribution < -0.4 is 10.6 Å². The molecule has 1 amide bonds. The van der Waals surface area contributed by atoms with Crippen molar-refractivity contribution < 1.29 is 4.79 Å². The van der Waals surface area contributed by atoms with Crippen molar-refractivity contribution in [1.29, 1.82) is 0 Å². The van der Waals surface area contributed by atoms with Gasteiger partial charge in [-0.25, -0.2) is 4.98 Å². The Labute approximate surface area is 145 Å². The zero-order valence-electron chi connectivity index (χ0n) is 11.5. The molecule has 0 fully saturated rings. The number of nitrogens with zero attached hydrogens (tertiary/aromatic N) is 3. The second-order valence-corrected chi connectivity index (χ2v) is 6.00. The van der Waals surface area contributed by atoms with Gasteiger partial charge < -0.3 is 10.6 Å². The molecule has 6 nitrogen and oxygen atoms in total. The van der Waals surface area contributed by atoms with Crippen LogP contribution in [0.1, 0.15) is 10.4 Å². The lowest BCUT2D eigenvalue weighted by atomic mass is 10.2. The Morgan fingerprint density at radius 2 is 1.96 bits per heavy atom. The molecule has 0 unspecified atom stereocenters. The van der Waals surface area contributed by atoms with Crippen molar-refractivity contribution in [3.63, 3.8) is 0 Å². The van der Waals surface area contributed by atoms with Gasteiger partial charge in [0.05, 0.1) is 15.6 Å². The third-order valence-corrected chi connectivity index (χ3v) is 4.04. The van der Waals surface area contributed by atoms with E-state index in [1.807, 2.05) is 0 Å². The molecule has 0 radical (unpaired) electrons. The van der Waals surface area contributed by atoms with E-state index in [0.29, 0.717) is 16.6 Å². The quantitative estimate of drug-likeness (QED) is 0.722. The van der Waals surface area contributed by atoms with E-state index < -0.39 is 5.91 Å². The molecule has 0 aliphatic carbocycles. The number of hydrogen-bond acceptors (Lipinski definition) is 6. The van der Waals surface area contributed by atoms with Crippen LogP contribution in [-0.2, 0) is 0 Å². The number of pyridine rings is 1. The number of halogens is 2. The van der Waals surface area contributed by atoms with Gasteiger partial charge in [-0.05, 0) is 18.2 Å². The molecule has 0 saturated heterocycles. The lowest BCUT2D eigenvalue weighted by Crippen LogP contribution is -2.13. The smallest absolute Gasteiger partial charge is 0.258 e. The lowest BCUT2D eigenvalue weighted by Gasteiger charge is -2.09. The summed E-state index contributed by atoms with van der Waals surface area (Å²) in [7, 11) is 0. The van der Waals surface area contributed by atoms with Crippen LogP contribution in [0.2, 0.25) is 10.0 Å². The number of rotatable bonds is 4. The number of amides is 1. The number of hydrogen-bond donors (Lipinski definition) is 2. The molecule has 3 rings (SSSR count). The van der Waals surface area contributed by atoms with E-state index in [1.165, 1.54) is 11.3 Å². The minimum absolute atomic E-state index is 0.228. The highest BCUT2D eigenvalue weighted by Crippen LogP contribution is 2.26. The Bertz CT molecular complexity index is 821. The standard InChI is InChI=1S/C14H9Cl2N5OS/c15-9-2-1-3-10(16)12(9)13(22)19-8-4-5-17-11(6-8)20-14-21-18-7-23-14/h1-7H,(H2,17,19,20,21,22). The second-order valence-electron chi connectivity index (χ2n) is 4.35. The molecule has 2 heterocycles. The normalized spacial score (nSPS) is 10.3. The highest BCUT2D eigenvalue weighted by atomic mass is 35.5. The van der Waals surface area contributed by atoms with Crippen molar-refractivity contribution in [2.45, 2.75) is 0 Å². The average Bonchev–Trinajstić information content (AvgIpc) is 3.00. The lowest BCUT2D eigenvalue weighted by molar-refractivity contribution is 0.102. The summed E-state index contributed by atoms with van der Waals surface area (Å²) < 4.78 is 0. The molecule has 0 aliphatic heterocycles. The second kappa shape index (κ2) is 6.91. The van der Waals surface area contributed by atoms with E-state index in [0.717, 1.165) is 0 Å². The van der Waals surface area contributed by atoms with E-state index in [-0.39, 0.29) is 15.6 Å². The SMILES string of the molecule is O=C(Nc1ccnc(Nc2nncs2)c1)c1c(Cl)cccc1Cl. The molecule has 1 aromatic carbocycles. The summed E-state index contributed by atoms with van der Waals surface area (Å²) in [6, 6.07) is 8.23. The predicted octanol–water partition coefficient (Wildman–Crippen LogP) is 4.24. The molecular weight excluding hydrogens is 357 g/mol. The third kappa shape index (κ3) is 3.76. The first kappa shape index (κ1) is 15.7. The minimum Gasteiger partial charge on any atom is -0.322 e. The van der Waals surface area contributed by atoms with Crippen LogP contribution in [-0.4, -0.2) is 21.1 Å². The van der Waals surface area contributed by atoms with E-state index in [2.05, 4.69) is 25.8 Å². The van der Waals surface area contributed by atoms with Crippen LogP contribution >= 0.6 is 34.5 Å². The molecule has 0 aliphatic rings. The summed E-state index contributed by atoms with van der Waals surface area (Å²) in [5.41, 5.74) is 2.38. The Hall–Kier alpha value is -2.22. The molecule has 0 bridgehead atoms. The monoisotopic (exact) mass is 365 g/mol. The fourth-order valence-corrected chi connectivity index (χ4v) is 2.84. The van der Waals surface area contributed by atoms with Crippen molar-refractivity contribution in [3.05, 3.63) is 57.6 Å². The molecule has 0 atom stereocenters. The van der Waals surface area contributed by atoms with Gasteiger partial charge in [-0.3, -0.25) is 4.79 Å². The van der Waals surface area contributed by atoms with E-state index in [4.69, 9.17) is 23.2 Å². The van der Waals surface area contributed by atoms with Gasteiger partial charge in [0, 0.05) is 18.0 Å². The minimum atomic E-state index is -0.395. The van der Waals surface area contributed by atoms with Crippen molar-refractivity contribution in [3.8, 4) is 0 Å². The topological polar surface area (TPSA) is 79.8 Å². The number of carbonyl (C=O) groups excluding carboxylic acids is 1. The van der Waals surface area contributed by atoms with Crippen molar-refractivity contribution >= 4 is 57.1 Å². The summed E-state index contributed by atoms with van der Waals surface area (Å²) in [5.74, 6) is 0.137. The fourth-order valence-electron chi connectivity index (χ4n) is 1.82. The van der Waals surface area contributed by atoms with Crippen LogP contribution in [0.5, 0.6) is 0 Å². The van der Waals surface area contributed by atoms with E-state index in [1.54, 1.807) is 42.0 Å². The van der Waals surface area contributed by atoms with Crippen LogP contribution in [0.4, 0.5) is 16.6 Å². The summed E-state index contributed by atoms with van der Waals surface area (Å²) in [6.45, 7) is 0. The molecule has 9 heteroatoms. The molecule has 0 spiro atoms. The van der Waals surface area contributed by atoms with Gasteiger partial charge in [0.25, 0.3) is 5.91 Å². The summed E-state index contributed by atoms with van der Waals surface area (Å²) in [4.78, 5) is 16.5. The largest absolute Gasteiger partial charge is 0.322 e. The molecule has 2 N–H and O–H groups in total. The summed E-state index contributed by atoms with van der Waals surface area (Å²) in [5, 5.41) is 14.5. The maximum atomic E-state index is 12.3. The first-order valence-electron chi connectivity index (χ1n) is 6.38. The molecule has 23 heavy (non-hydrogen) atoms. The first-order chi connectivity index (χ1) is 11.1. The molecule has 2 aromatic heterocycles. The van der Waals surface area contributed by atoms with Gasteiger partial charge in [0.2, 0.25) is 5.13 Å². The number of aromatic nitrogens is 3.